The third-order valence-electron chi connectivity index (χ3n) is 3.62. The van der Waals surface area contributed by atoms with E-state index in [4.69, 9.17) is 13.9 Å². The van der Waals surface area contributed by atoms with Crippen molar-refractivity contribution >= 4 is 11.0 Å². The predicted molar refractivity (Wildman–Crippen MR) is 87.7 cm³/mol. The fourth-order valence-electron chi connectivity index (χ4n) is 2.59. The molecule has 0 radical (unpaired) electrons. The third kappa shape index (κ3) is 2.53. The first-order valence-corrected chi connectivity index (χ1v) is 7.04. The van der Waals surface area contributed by atoms with Gasteiger partial charge in [-0.2, -0.15) is 0 Å². The van der Waals surface area contributed by atoms with E-state index < -0.39 is 16.9 Å². The average molecular weight is 346 g/mol. The second kappa shape index (κ2) is 5.82. The summed E-state index contributed by atoms with van der Waals surface area (Å²) >= 11 is 0. The summed E-state index contributed by atoms with van der Waals surface area (Å²) in [7, 11) is 2.46. The minimum absolute atomic E-state index is 0.0878. The van der Waals surface area contributed by atoms with Crippen molar-refractivity contribution in [2.45, 2.75) is 0 Å². The Morgan fingerprint density at radius 1 is 0.880 bits per heavy atom. The van der Waals surface area contributed by atoms with Crippen molar-refractivity contribution < 1.29 is 34.3 Å². The van der Waals surface area contributed by atoms with Crippen molar-refractivity contribution in [1.29, 1.82) is 0 Å². The molecule has 0 amide bonds. The molecule has 2 aromatic carbocycles. The Morgan fingerprint density at radius 2 is 1.48 bits per heavy atom. The molecule has 0 aliphatic carbocycles. The van der Waals surface area contributed by atoms with Gasteiger partial charge in [-0.1, -0.05) is 0 Å². The zero-order valence-corrected chi connectivity index (χ0v) is 13.2. The van der Waals surface area contributed by atoms with Crippen LogP contribution in [0.25, 0.3) is 22.3 Å². The molecule has 0 saturated carbocycles. The number of phenols is 4. The summed E-state index contributed by atoms with van der Waals surface area (Å²) in [5.74, 6) is -2.12. The maximum Gasteiger partial charge on any atom is 0.239 e. The van der Waals surface area contributed by atoms with Gasteiger partial charge in [-0.05, 0) is 12.1 Å². The summed E-state index contributed by atoms with van der Waals surface area (Å²) in [5, 5.41) is 39.1. The number of benzene rings is 2. The second-order valence-corrected chi connectivity index (χ2v) is 5.18. The molecule has 0 aliphatic rings. The molecule has 130 valence electrons. The van der Waals surface area contributed by atoms with Crippen LogP contribution in [-0.2, 0) is 0 Å². The van der Waals surface area contributed by atoms with E-state index in [1.807, 2.05) is 0 Å². The molecule has 3 rings (SSSR count). The SMILES string of the molecule is COc1c(O)cc2oc(-c3cc(O)cc(O)c3)c(OC)c(=O)c2c1O. The standard InChI is InChI=1S/C17H14O8/c1-23-16-10(20)6-11-12(13(16)21)14(22)17(24-2)15(25-11)7-3-8(18)5-9(19)4-7/h3-6,18-21H,1-2H3. The number of fused-ring (bicyclic) bond motifs is 1. The number of phenolic OH excluding ortho intramolecular Hbond substituents is 4. The lowest BCUT2D eigenvalue weighted by Crippen LogP contribution is -2.08. The second-order valence-electron chi connectivity index (χ2n) is 5.18. The number of hydrogen-bond donors (Lipinski definition) is 4. The monoisotopic (exact) mass is 346 g/mol. The Balaban J connectivity index is 2.44. The van der Waals surface area contributed by atoms with E-state index in [1.54, 1.807) is 0 Å². The lowest BCUT2D eigenvalue weighted by Gasteiger charge is -2.12. The zero-order valence-electron chi connectivity index (χ0n) is 13.2. The van der Waals surface area contributed by atoms with Gasteiger partial charge >= 0.3 is 0 Å². The van der Waals surface area contributed by atoms with Crippen LogP contribution in [0, 0.1) is 0 Å². The average Bonchev–Trinajstić information content (AvgIpc) is 2.53. The van der Waals surface area contributed by atoms with Crippen LogP contribution in [0.2, 0.25) is 0 Å². The maximum absolute atomic E-state index is 12.7. The summed E-state index contributed by atoms with van der Waals surface area (Å²) in [6, 6.07) is 4.74. The highest BCUT2D eigenvalue weighted by molar-refractivity contribution is 5.91. The van der Waals surface area contributed by atoms with Crippen molar-refractivity contribution in [3.8, 4) is 45.8 Å². The molecule has 1 heterocycles. The van der Waals surface area contributed by atoms with Gasteiger partial charge in [0, 0.05) is 17.7 Å². The van der Waals surface area contributed by atoms with Crippen LogP contribution in [0.3, 0.4) is 0 Å². The largest absolute Gasteiger partial charge is 0.508 e. The van der Waals surface area contributed by atoms with Crippen LogP contribution in [0.1, 0.15) is 0 Å². The summed E-state index contributed by atoms with van der Waals surface area (Å²) in [5.41, 5.74) is -0.667. The first kappa shape index (κ1) is 16.3. The first-order valence-electron chi connectivity index (χ1n) is 7.04. The molecule has 25 heavy (non-hydrogen) atoms. The zero-order chi connectivity index (χ0) is 18.3. The molecular weight excluding hydrogens is 332 g/mol. The summed E-state index contributed by atoms with van der Waals surface area (Å²) in [6.45, 7) is 0. The molecule has 0 atom stereocenters. The number of methoxy groups -OCH3 is 2. The molecule has 0 bridgehead atoms. The van der Waals surface area contributed by atoms with Crippen molar-refractivity contribution in [2.75, 3.05) is 14.2 Å². The van der Waals surface area contributed by atoms with Crippen LogP contribution < -0.4 is 14.9 Å². The molecular formula is C17H14O8. The molecule has 8 heteroatoms. The van der Waals surface area contributed by atoms with Gasteiger partial charge in [0.2, 0.25) is 16.9 Å². The fourth-order valence-corrected chi connectivity index (χ4v) is 2.59. The van der Waals surface area contributed by atoms with Gasteiger partial charge in [-0.3, -0.25) is 4.79 Å². The Hall–Kier alpha value is -3.55. The highest BCUT2D eigenvalue weighted by Gasteiger charge is 2.23. The number of aromatic hydroxyl groups is 4. The Morgan fingerprint density at radius 3 is 2.04 bits per heavy atom. The maximum atomic E-state index is 12.7. The normalized spacial score (nSPS) is 10.8. The van der Waals surface area contributed by atoms with Crippen LogP contribution in [0.4, 0.5) is 0 Å². The van der Waals surface area contributed by atoms with Gasteiger partial charge in [0.15, 0.2) is 17.3 Å². The Kier molecular flexibility index (Phi) is 3.80. The third-order valence-corrected chi connectivity index (χ3v) is 3.62. The molecule has 3 aromatic rings. The van der Waals surface area contributed by atoms with E-state index >= 15 is 0 Å². The molecule has 0 fully saturated rings. The van der Waals surface area contributed by atoms with E-state index in [9.17, 15) is 25.2 Å². The quantitative estimate of drug-likeness (QED) is 0.568. The van der Waals surface area contributed by atoms with Gasteiger partial charge in [0.1, 0.15) is 22.5 Å². The van der Waals surface area contributed by atoms with E-state index in [-0.39, 0.29) is 45.3 Å². The first-order chi connectivity index (χ1) is 11.9. The molecule has 1 aromatic heterocycles. The van der Waals surface area contributed by atoms with Gasteiger partial charge in [0.25, 0.3) is 0 Å². The van der Waals surface area contributed by atoms with E-state index in [2.05, 4.69) is 0 Å². The van der Waals surface area contributed by atoms with Crippen molar-refractivity contribution in [2.24, 2.45) is 0 Å². The van der Waals surface area contributed by atoms with Crippen molar-refractivity contribution in [1.82, 2.24) is 0 Å². The minimum Gasteiger partial charge on any atom is -0.508 e. The van der Waals surface area contributed by atoms with Gasteiger partial charge in [-0.15, -0.1) is 0 Å². The van der Waals surface area contributed by atoms with Gasteiger partial charge in [-0.25, -0.2) is 0 Å². The lowest BCUT2D eigenvalue weighted by molar-refractivity contribution is 0.345. The number of ether oxygens (including phenoxy) is 2. The fraction of sp³-hybridized carbons (Fsp3) is 0.118. The molecule has 0 saturated heterocycles. The van der Waals surface area contributed by atoms with Crippen LogP contribution in [-0.4, -0.2) is 34.6 Å². The van der Waals surface area contributed by atoms with Crippen LogP contribution >= 0.6 is 0 Å². The molecule has 4 N–H and O–H groups in total. The van der Waals surface area contributed by atoms with Crippen LogP contribution in [0.15, 0.2) is 33.5 Å². The number of rotatable bonds is 3. The van der Waals surface area contributed by atoms with Crippen molar-refractivity contribution in [3.05, 3.63) is 34.5 Å². The Bertz CT molecular complexity index is 1010. The predicted octanol–water partition coefficient (Wildman–Crippen LogP) is 2.30. The minimum atomic E-state index is -0.711. The summed E-state index contributed by atoms with van der Waals surface area (Å²) in [6.07, 6.45) is 0. The molecule has 0 spiro atoms. The smallest absolute Gasteiger partial charge is 0.239 e. The lowest BCUT2D eigenvalue weighted by atomic mass is 10.1. The van der Waals surface area contributed by atoms with E-state index in [1.165, 1.54) is 26.4 Å². The van der Waals surface area contributed by atoms with Crippen molar-refractivity contribution in [3.63, 3.8) is 0 Å². The molecule has 0 aliphatic heterocycles. The number of hydrogen-bond acceptors (Lipinski definition) is 8. The molecule has 8 nitrogen and oxygen atoms in total. The van der Waals surface area contributed by atoms with Gasteiger partial charge < -0.3 is 34.3 Å². The molecule has 0 unspecified atom stereocenters. The topological polar surface area (TPSA) is 130 Å². The van der Waals surface area contributed by atoms with E-state index in [0.717, 1.165) is 12.1 Å². The summed E-state index contributed by atoms with van der Waals surface area (Å²) in [4.78, 5) is 12.7. The summed E-state index contributed by atoms with van der Waals surface area (Å²) < 4.78 is 15.6. The van der Waals surface area contributed by atoms with Crippen LogP contribution in [0.5, 0.6) is 34.5 Å². The highest BCUT2D eigenvalue weighted by Crippen LogP contribution is 2.43. The van der Waals surface area contributed by atoms with E-state index in [0.29, 0.717) is 0 Å². The highest BCUT2D eigenvalue weighted by atomic mass is 16.5. The Labute approximate surface area is 140 Å². The van der Waals surface area contributed by atoms with Gasteiger partial charge in [0.05, 0.1) is 14.2 Å².